The van der Waals surface area contributed by atoms with E-state index in [1.807, 2.05) is 0 Å². The van der Waals surface area contributed by atoms with Crippen LogP contribution in [0.1, 0.15) is 11.3 Å². The van der Waals surface area contributed by atoms with Gasteiger partial charge >= 0.3 is 0 Å². The first-order chi connectivity index (χ1) is 4.74. The Labute approximate surface area is 59.2 Å². The summed E-state index contributed by atoms with van der Waals surface area (Å²) in [5.74, 6) is -0.232. The molecule has 0 aliphatic rings. The van der Waals surface area contributed by atoms with Crippen molar-refractivity contribution in [1.82, 2.24) is 4.98 Å². The van der Waals surface area contributed by atoms with Crippen molar-refractivity contribution in [1.29, 1.82) is 0 Å². The molecule has 2 heteroatoms. The van der Waals surface area contributed by atoms with Crippen LogP contribution in [0.5, 0.6) is 0 Å². The standard InChI is InChI=1S/C8H8FN/c1-3-7-4-8(9)6(2)5-10-7/h3-5H,1H2,2H3. The number of aromatic nitrogens is 1. The van der Waals surface area contributed by atoms with Crippen LogP contribution in [0.15, 0.2) is 18.8 Å². The van der Waals surface area contributed by atoms with Crippen LogP contribution in [-0.4, -0.2) is 4.98 Å². The normalized spacial score (nSPS) is 9.40. The molecule has 1 nitrogen and oxygen atoms in total. The fourth-order valence-corrected chi connectivity index (χ4v) is 0.626. The molecular weight excluding hydrogens is 129 g/mol. The maximum Gasteiger partial charge on any atom is 0.129 e. The largest absolute Gasteiger partial charge is 0.256 e. The molecule has 0 radical (unpaired) electrons. The van der Waals surface area contributed by atoms with Gasteiger partial charge in [-0.1, -0.05) is 6.58 Å². The summed E-state index contributed by atoms with van der Waals surface area (Å²) in [6.07, 6.45) is 3.01. The minimum Gasteiger partial charge on any atom is -0.256 e. The van der Waals surface area contributed by atoms with E-state index in [0.29, 0.717) is 11.3 Å². The van der Waals surface area contributed by atoms with Crippen LogP contribution in [0.4, 0.5) is 4.39 Å². The molecule has 1 heterocycles. The summed E-state index contributed by atoms with van der Waals surface area (Å²) in [5, 5.41) is 0. The van der Waals surface area contributed by atoms with Gasteiger partial charge in [0.25, 0.3) is 0 Å². The molecule has 0 saturated carbocycles. The first-order valence-corrected chi connectivity index (χ1v) is 2.98. The maximum absolute atomic E-state index is 12.7. The summed E-state index contributed by atoms with van der Waals surface area (Å²) in [6, 6.07) is 1.36. The van der Waals surface area contributed by atoms with Crippen molar-refractivity contribution >= 4 is 6.08 Å². The van der Waals surface area contributed by atoms with Crippen molar-refractivity contribution < 1.29 is 4.39 Å². The van der Waals surface area contributed by atoms with Gasteiger partial charge in [-0.3, -0.25) is 4.98 Å². The predicted octanol–water partition coefficient (Wildman–Crippen LogP) is 2.17. The molecule has 0 atom stereocenters. The number of nitrogens with zero attached hydrogens (tertiary/aromatic N) is 1. The zero-order valence-corrected chi connectivity index (χ0v) is 5.76. The molecule has 0 amide bonds. The molecule has 0 spiro atoms. The zero-order valence-electron chi connectivity index (χ0n) is 5.76. The number of hydrogen-bond acceptors (Lipinski definition) is 1. The third-order valence-electron chi connectivity index (χ3n) is 1.27. The Morgan fingerprint density at radius 2 is 2.40 bits per heavy atom. The number of halogens is 1. The zero-order chi connectivity index (χ0) is 7.56. The van der Waals surface area contributed by atoms with Crippen LogP contribution in [-0.2, 0) is 0 Å². The first kappa shape index (κ1) is 6.93. The minimum atomic E-state index is -0.232. The van der Waals surface area contributed by atoms with Crippen molar-refractivity contribution in [3.63, 3.8) is 0 Å². The highest BCUT2D eigenvalue weighted by Crippen LogP contribution is 2.05. The van der Waals surface area contributed by atoms with Gasteiger partial charge in [0.05, 0.1) is 5.69 Å². The molecule has 1 rings (SSSR count). The number of hydrogen-bond donors (Lipinski definition) is 0. The van der Waals surface area contributed by atoms with E-state index in [2.05, 4.69) is 11.6 Å². The van der Waals surface area contributed by atoms with Gasteiger partial charge in [0, 0.05) is 11.8 Å². The average Bonchev–Trinajstić information content (AvgIpc) is 1.95. The van der Waals surface area contributed by atoms with E-state index in [0.717, 1.165) is 0 Å². The van der Waals surface area contributed by atoms with Crippen LogP contribution in [0.2, 0.25) is 0 Å². The van der Waals surface area contributed by atoms with E-state index in [9.17, 15) is 4.39 Å². The Kier molecular flexibility index (Phi) is 1.81. The van der Waals surface area contributed by atoms with Gasteiger partial charge in [0.1, 0.15) is 5.82 Å². The SMILES string of the molecule is C=Cc1cc(F)c(C)cn1. The Hall–Kier alpha value is -1.18. The topological polar surface area (TPSA) is 12.9 Å². The Morgan fingerprint density at radius 1 is 1.70 bits per heavy atom. The van der Waals surface area contributed by atoms with Gasteiger partial charge in [-0.15, -0.1) is 0 Å². The summed E-state index contributed by atoms with van der Waals surface area (Å²) >= 11 is 0. The molecule has 0 bridgehead atoms. The molecule has 52 valence electrons. The van der Waals surface area contributed by atoms with Crippen molar-refractivity contribution in [2.45, 2.75) is 6.92 Å². The quantitative estimate of drug-likeness (QED) is 0.578. The minimum absolute atomic E-state index is 0.232. The lowest BCUT2D eigenvalue weighted by molar-refractivity contribution is 0.615. The van der Waals surface area contributed by atoms with Gasteiger partial charge in [0.15, 0.2) is 0 Å². The molecule has 0 unspecified atom stereocenters. The van der Waals surface area contributed by atoms with Crippen molar-refractivity contribution in [2.24, 2.45) is 0 Å². The molecule has 0 N–H and O–H groups in total. The van der Waals surface area contributed by atoms with Crippen LogP contribution >= 0.6 is 0 Å². The molecule has 0 aromatic carbocycles. The van der Waals surface area contributed by atoms with E-state index >= 15 is 0 Å². The second kappa shape index (κ2) is 2.60. The first-order valence-electron chi connectivity index (χ1n) is 2.98. The Bertz CT molecular complexity index is 255. The molecule has 1 aromatic rings. The van der Waals surface area contributed by atoms with Gasteiger partial charge in [0.2, 0.25) is 0 Å². The highest BCUT2D eigenvalue weighted by molar-refractivity contribution is 5.41. The van der Waals surface area contributed by atoms with Gasteiger partial charge < -0.3 is 0 Å². The third kappa shape index (κ3) is 1.21. The Morgan fingerprint density at radius 3 is 2.90 bits per heavy atom. The van der Waals surface area contributed by atoms with E-state index < -0.39 is 0 Å². The molecule has 10 heavy (non-hydrogen) atoms. The lowest BCUT2D eigenvalue weighted by Gasteiger charge is -1.94. The summed E-state index contributed by atoms with van der Waals surface area (Å²) in [4.78, 5) is 3.90. The smallest absolute Gasteiger partial charge is 0.129 e. The highest BCUT2D eigenvalue weighted by atomic mass is 19.1. The lowest BCUT2D eigenvalue weighted by Crippen LogP contribution is -1.86. The third-order valence-corrected chi connectivity index (χ3v) is 1.27. The van der Waals surface area contributed by atoms with E-state index in [1.165, 1.54) is 18.3 Å². The van der Waals surface area contributed by atoms with Gasteiger partial charge in [-0.05, 0) is 19.1 Å². The molecule has 0 saturated heterocycles. The van der Waals surface area contributed by atoms with Gasteiger partial charge in [-0.25, -0.2) is 4.39 Å². The predicted molar refractivity (Wildman–Crippen MR) is 39.0 cm³/mol. The fraction of sp³-hybridized carbons (Fsp3) is 0.125. The van der Waals surface area contributed by atoms with Crippen LogP contribution in [0.25, 0.3) is 6.08 Å². The van der Waals surface area contributed by atoms with Gasteiger partial charge in [-0.2, -0.15) is 0 Å². The van der Waals surface area contributed by atoms with E-state index in [-0.39, 0.29) is 5.82 Å². The summed E-state index contributed by atoms with van der Waals surface area (Å²) in [6.45, 7) is 5.15. The van der Waals surface area contributed by atoms with Crippen molar-refractivity contribution in [3.05, 3.63) is 35.9 Å². The summed E-state index contributed by atoms with van der Waals surface area (Å²) < 4.78 is 12.7. The molecule has 0 aliphatic carbocycles. The van der Waals surface area contributed by atoms with Crippen molar-refractivity contribution in [2.75, 3.05) is 0 Å². The number of pyridine rings is 1. The summed E-state index contributed by atoms with van der Waals surface area (Å²) in [7, 11) is 0. The maximum atomic E-state index is 12.7. The highest BCUT2D eigenvalue weighted by Gasteiger charge is 1.95. The number of rotatable bonds is 1. The average molecular weight is 137 g/mol. The summed E-state index contributed by atoms with van der Waals surface area (Å²) in [5.41, 5.74) is 1.13. The molecular formula is C8H8FN. The van der Waals surface area contributed by atoms with Crippen LogP contribution in [0, 0.1) is 12.7 Å². The molecule has 1 aromatic heterocycles. The second-order valence-corrected chi connectivity index (χ2v) is 2.06. The van der Waals surface area contributed by atoms with E-state index in [4.69, 9.17) is 0 Å². The monoisotopic (exact) mass is 137 g/mol. The van der Waals surface area contributed by atoms with E-state index in [1.54, 1.807) is 6.92 Å². The lowest BCUT2D eigenvalue weighted by atomic mass is 10.2. The number of aryl methyl sites for hydroxylation is 1. The molecule has 0 aliphatic heterocycles. The van der Waals surface area contributed by atoms with Crippen LogP contribution < -0.4 is 0 Å². The Balaban J connectivity index is 3.16. The van der Waals surface area contributed by atoms with Crippen molar-refractivity contribution in [3.8, 4) is 0 Å². The second-order valence-electron chi connectivity index (χ2n) is 2.06. The molecule has 0 fully saturated rings. The van der Waals surface area contributed by atoms with Crippen LogP contribution in [0.3, 0.4) is 0 Å². The fourth-order valence-electron chi connectivity index (χ4n) is 0.626.